The van der Waals surface area contributed by atoms with E-state index < -0.39 is 0 Å². The number of halogens is 1. The monoisotopic (exact) mass is 320 g/mol. The Morgan fingerprint density at radius 1 is 1.18 bits per heavy atom. The number of nitrogens with one attached hydrogen (secondary N) is 2. The molecule has 116 valence electrons. The molecule has 2 rings (SSSR count). The number of aryl methyl sites for hydroxylation is 2. The molecular formula is C16H17FN2O2S. The van der Waals surface area contributed by atoms with E-state index in [-0.39, 0.29) is 24.1 Å². The highest BCUT2D eigenvalue weighted by molar-refractivity contribution is 7.14. The fourth-order valence-corrected chi connectivity index (χ4v) is 3.01. The zero-order chi connectivity index (χ0) is 16.1. The maximum absolute atomic E-state index is 12.8. The smallest absolute Gasteiger partial charge is 0.273 e. The number of hydrogen-bond acceptors (Lipinski definition) is 3. The Kier molecular flexibility index (Phi) is 5.27. The largest absolute Gasteiger partial charge is 0.279 e. The fourth-order valence-electron chi connectivity index (χ4n) is 2.00. The van der Waals surface area contributed by atoms with Crippen molar-refractivity contribution in [2.24, 2.45) is 0 Å². The van der Waals surface area contributed by atoms with E-state index in [9.17, 15) is 14.0 Å². The Labute approximate surface area is 132 Å². The van der Waals surface area contributed by atoms with Crippen LogP contribution in [0, 0.1) is 12.7 Å². The van der Waals surface area contributed by atoms with Crippen LogP contribution in [-0.4, -0.2) is 11.8 Å². The Morgan fingerprint density at radius 3 is 2.45 bits per heavy atom. The molecule has 1 heterocycles. The van der Waals surface area contributed by atoms with Crippen molar-refractivity contribution in [1.29, 1.82) is 0 Å². The van der Waals surface area contributed by atoms with Crippen molar-refractivity contribution in [3.63, 3.8) is 0 Å². The molecule has 0 unspecified atom stereocenters. The van der Waals surface area contributed by atoms with E-state index >= 15 is 0 Å². The molecule has 4 nitrogen and oxygen atoms in total. The van der Waals surface area contributed by atoms with Crippen molar-refractivity contribution in [1.82, 2.24) is 10.9 Å². The third-order valence-corrected chi connectivity index (χ3v) is 4.54. The minimum atomic E-state index is -0.357. The fraction of sp³-hybridized carbons (Fsp3) is 0.250. The number of rotatable bonds is 4. The summed E-state index contributed by atoms with van der Waals surface area (Å²) in [6.45, 7) is 3.99. The van der Waals surface area contributed by atoms with Gasteiger partial charge in [-0.1, -0.05) is 19.1 Å². The number of hydrazine groups is 1. The van der Waals surface area contributed by atoms with Gasteiger partial charge in [0.15, 0.2) is 0 Å². The van der Waals surface area contributed by atoms with Crippen LogP contribution in [0.1, 0.15) is 32.6 Å². The van der Waals surface area contributed by atoms with Gasteiger partial charge in [0.2, 0.25) is 5.91 Å². The molecule has 6 heteroatoms. The van der Waals surface area contributed by atoms with Gasteiger partial charge >= 0.3 is 0 Å². The van der Waals surface area contributed by atoms with Crippen molar-refractivity contribution in [2.75, 3.05) is 0 Å². The topological polar surface area (TPSA) is 58.2 Å². The lowest BCUT2D eigenvalue weighted by atomic mass is 10.1. The molecule has 2 N–H and O–H groups in total. The van der Waals surface area contributed by atoms with E-state index in [1.807, 2.05) is 19.9 Å². The zero-order valence-electron chi connectivity index (χ0n) is 12.4. The molecule has 0 saturated carbocycles. The van der Waals surface area contributed by atoms with E-state index in [4.69, 9.17) is 0 Å². The highest BCUT2D eigenvalue weighted by Gasteiger charge is 2.12. The minimum absolute atomic E-state index is 0.0736. The van der Waals surface area contributed by atoms with Crippen LogP contribution in [0.4, 0.5) is 4.39 Å². The molecule has 2 amide bonds. The number of amides is 2. The first-order chi connectivity index (χ1) is 10.5. The average Bonchev–Trinajstić information content (AvgIpc) is 2.88. The lowest BCUT2D eigenvalue weighted by molar-refractivity contribution is -0.121. The second-order valence-electron chi connectivity index (χ2n) is 4.88. The van der Waals surface area contributed by atoms with E-state index in [1.165, 1.54) is 35.6 Å². The van der Waals surface area contributed by atoms with E-state index in [2.05, 4.69) is 10.9 Å². The first-order valence-electron chi connectivity index (χ1n) is 6.92. The zero-order valence-corrected chi connectivity index (χ0v) is 13.2. The number of carbonyl (C=O) groups is 2. The van der Waals surface area contributed by atoms with Crippen molar-refractivity contribution < 1.29 is 14.0 Å². The first-order valence-corrected chi connectivity index (χ1v) is 7.74. The van der Waals surface area contributed by atoms with Gasteiger partial charge < -0.3 is 0 Å². The molecule has 1 aromatic carbocycles. The van der Waals surface area contributed by atoms with Crippen molar-refractivity contribution >= 4 is 23.2 Å². The van der Waals surface area contributed by atoms with Crippen LogP contribution in [0.2, 0.25) is 0 Å². The summed E-state index contributed by atoms with van der Waals surface area (Å²) in [6.07, 6.45) is 0.949. The van der Waals surface area contributed by atoms with E-state index in [0.717, 1.165) is 16.9 Å². The van der Waals surface area contributed by atoms with Crippen molar-refractivity contribution in [2.45, 2.75) is 26.7 Å². The third-order valence-electron chi connectivity index (χ3n) is 3.16. The van der Waals surface area contributed by atoms with Crippen LogP contribution < -0.4 is 10.9 Å². The number of benzene rings is 1. The van der Waals surface area contributed by atoms with Crippen molar-refractivity contribution in [3.8, 4) is 0 Å². The normalized spacial score (nSPS) is 10.3. The summed E-state index contributed by atoms with van der Waals surface area (Å²) in [7, 11) is 0. The first kappa shape index (κ1) is 16.2. The SMILES string of the molecule is CCc1sc(C(=O)NNC(=O)Cc2ccc(F)cc2)cc1C. The van der Waals surface area contributed by atoms with Crippen LogP contribution in [0.3, 0.4) is 0 Å². The molecule has 2 aromatic rings. The predicted molar refractivity (Wildman–Crippen MR) is 84.1 cm³/mol. The van der Waals surface area contributed by atoms with Crippen LogP contribution >= 0.6 is 11.3 Å². The van der Waals surface area contributed by atoms with E-state index in [1.54, 1.807) is 0 Å². The van der Waals surface area contributed by atoms with Gasteiger partial charge in [-0.05, 0) is 42.7 Å². The van der Waals surface area contributed by atoms with Gasteiger partial charge in [-0.15, -0.1) is 11.3 Å². The Morgan fingerprint density at radius 2 is 1.86 bits per heavy atom. The average molecular weight is 320 g/mol. The minimum Gasteiger partial charge on any atom is -0.273 e. The summed E-state index contributed by atoms with van der Waals surface area (Å²) in [5.74, 6) is -1.04. The summed E-state index contributed by atoms with van der Waals surface area (Å²) in [6, 6.07) is 7.47. The molecule has 0 aliphatic carbocycles. The summed E-state index contributed by atoms with van der Waals surface area (Å²) < 4.78 is 12.8. The quantitative estimate of drug-likeness (QED) is 0.851. The summed E-state index contributed by atoms with van der Waals surface area (Å²) in [5, 5.41) is 0. The van der Waals surface area contributed by atoms with Crippen molar-refractivity contribution in [3.05, 3.63) is 57.0 Å². The number of carbonyl (C=O) groups excluding carboxylic acids is 2. The Bertz CT molecular complexity index is 680. The van der Waals surface area contributed by atoms with Crippen LogP contribution in [-0.2, 0) is 17.6 Å². The van der Waals surface area contributed by atoms with Gasteiger partial charge in [0.25, 0.3) is 5.91 Å². The summed E-state index contributed by atoms with van der Waals surface area (Å²) in [4.78, 5) is 25.4. The third kappa shape index (κ3) is 4.14. The molecule has 0 atom stereocenters. The van der Waals surface area contributed by atoms with E-state index in [0.29, 0.717) is 10.4 Å². The maximum atomic E-state index is 12.8. The standard InChI is InChI=1S/C16H17FN2O2S/c1-3-13-10(2)8-14(22-13)16(21)19-18-15(20)9-11-4-6-12(17)7-5-11/h4-8H,3,9H2,1-2H3,(H,18,20)(H,19,21). The van der Waals surface area contributed by atoms with Gasteiger partial charge in [0.1, 0.15) is 5.82 Å². The van der Waals surface area contributed by atoms with Gasteiger partial charge in [-0.25, -0.2) is 4.39 Å². The molecule has 0 fully saturated rings. The maximum Gasteiger partial charge on any atom is 0.279 e. The number of thiophene rings is 1. The predicted octanol–water partition coefficient (Wildman–Crippen LogP) is 2.76. The summed E-state index contributed by atoms with van der Waals surface area (Å²) >= 11 is 1.42. The van der Waals surface area contributed by atoms with Crippen LogP contribution in [0.25, 0.3) is 0 Å². The molecule has 22 heavy (non-hydrogen) atoms. The second-order valence-corrected chi connectivity index (χ2v) is 6.01. The van der Waals surface area contributed by atoms with Crippen LogP contribution in [0.15, 0.2) is 30.3 Å². The Hall–Kier alpha value is -2.21. The van der Waals surface area contributed by atoms with Gasteiger partial charge in [-0.2, -0.15) is 0 Å². The molecule has 0 aliphatic rings. The van der Waals surface area contributed by atoms with Gasteiger partial charge in [-0.3, -0.25) is 20.4 Å². The van der Waals surface area contributed by atoms with Gasteiger partial charge in [0.05, 0.1) is 11.3 Å². The number of hydrogen-bond donors (Lipinski definition) is 2. The van der Waals surface area contributed by atoms with Gasteiger partial charge in [0, 0.05) is 4.88 Å². The highest BCUT2D eigenvalue weighted by Crippen LogP contribution is 2.21. The lowest BCUT2D eigenvalue weighted by Crippen LogP contribution is -2.42. The molecule has 0 aliphatic heterocycles. The molecule has 0 spiro atoms. The molecule has 1 aromatic heterocycles. The molecule has 0 saturated heterocycles. The molecule has 0 bridgehead atoms. The second kappa shape index (κ2) is 7.17. The molecule has 0 radical (unpaired) electrons. The molecular weight excluding hydrogens is 303 g/mol. The lowest BCUT2D eigenvalue weighted by Gasteiger charge is -2.06. The highest BCUT2D eigenvalue weighted by atomic mass is 32.1. The Balaban J connectivity index is 1.87. The summed E-state index contributed by atoms with van der Waals surface area (Å²) in [5.41, 5.74) is 6.51. The van der Waals surface area contributed by atoms with Crippen LogP contribution in [0.5, 0.6) is 0 Å².